The first-order chi connectivity index (χ1) is 17.0. The summed E-state index contributed by atoms with van der Waals surface area (Å²) in [6, 6.07) is 4.01. The number of pyridine rings is 2. The summed E-state index contributed by atoms with van der Waals surface area (Å²) in [6.07, 6.45) is 0.891. The van der Waals surface area contributed by atoms with Crippen LogP contribution in [-0.4, -0.2) is 52.6 Å². The maximum Gasteiger partial charge on any atom is 0.405 e. The van der Waals surface area contributed by atoms with Gasteiger partial charge in [0.15, 0.2) is 11.6 Å². The molecule has 2 amide bonds. The van der Waals surface area contributed by atoms with Gasteiger partial charge in [0.2, 0.25) is 0 Å². The molecular formula is C23H22ClF4N5O3. The van der Waals surface area contributed by atoms with Crippen LogP contribution in [0.1, 0.15) is 36.0 Å². The number of nitrogens with zero attached hydrogens (tertiary/aromatic N) is 3. The Balaban J connectivity index is 1.33. The minimum Gasteiger partial charge on any atom is -0.431 e. The van der Waals surface area contributed by atoms with E-state index < -0.39 is 36.2 Å². The number of piperidine rings is 1. The number of carbonyl (C=O) groups is 2. The molecule has 0 saturated carbocycles. The zero-order chi connectivity index (χ0) is 26.0. The largest absolute Gasteiger partial charge is 0.431 e. The third-order valence-electron chi connectivity index (χ3n) is 6.04. The number of hydrogen-bond donors (Lipinski definition) is 2. The van der Waals surface area contributed by atoms with E-state index in [4.69, 9.17) is 16.3 Å². The Morgan fingerprint density at radius 3 is 2.44 bits per heavy atom. The molecule has 2 unspecified atom stereocenters. The van der Waals surface area contributed by atoms with Crippen LogP contribution in [-0.2, 0) is 4.79 Å². The van der Waals surface area contributed by atoms with Crippen LogP contribution < -0.4 is 20.3 Å². The average molecular weight is 528 g/mol. The van der Waals surface area contributed by atoms with Crippen LogP contribution in [0.25, 0.3) is 0 Å². The molecule has 0 spiro atoms. The molecule has 0 aromatic carbocycles. The monoisotopic (exact) mass is 527 g/mol. The Bertz CT molecular complexity index is 1150. The first kappa shape index (κ1) is 25.7. The number of nitrogens with one attached hydrogen (secondary N) is 2. The average Bonchev–Trinajstić information content (AvgIpc) is 3.09. The second kappa shape index (κ2) is 10.3. The number of halogens is 5. The molecule has 4 heterocycles. The molecule has 0 radical (unpaired) electrons. The van der Waals surface area contributed by atoms with Crippen LogP contribution in [0.4, 0.5) is 23.4 Å². The van der Waals surface area contributed by atoms with Crippen molar-refractivity contribution in [3.8, 4) is 5.88 Å². The molecule has 2 aliphatic rings. The van der Waals surface area contributed by atoms with E-state index in [1.807, 2.05) is 5.32 Å². The van der Waals surface area contributed by atoms with Gasteiger partial charge in [-0.05, 0) is 43.9 Å². The molecule has 2 fully saturated rings. The van der Waals surface area contributed by atoms with Gasteiger partial charge in [0.1, 0.15) is 12.4 Å². The molecule has 2 N–H and O–H groups in total. The lowest BCUT2D eigenvalue weighted by Gasteiger charge is -2.40. The fraction of sp³-hybridized carbons (Fsp3) is 0.391. The summed E-state index contributed by atoms with van der Waals surface area (Å²) in [5.41, 5.74) is 0.0302. The van der Waals surface area contributed by atoms with E-state index in [1.165, 1.54) is 18.5 Å². The maximum atomic E-state index is 13.9. The lowest BCUT2D eigenvalue weighted by molar-refractivity contribution is -0.123. The number of hydrogen-bond acceptors (Lipinski definition) is 6. The van der Waals surface area contributed by atoms with Gasteiger partial charge in [0.05, 0.1) is 10.6 Å². The molecule has 2 aromatic heterocycles. The van der Waals surface area contributed by atoms with Crippen LogP contribution in [0.3, 0.4) is 0 Å². The zero-order valence-electron chi connectivity index (χ0n) is 18.8. The summed E-state index contributed by atoms with van der Waals surface area (Å²) in [4.78, 5) is 34.6. The number of aromatic nitrogens is 2. The number of amides is 2. The summed E-state index contributed by atoms with van der Waals surface area (Å²) >= 11 is 5.66. The van der Waals surface area contributed by atoms with Crippen molar-refractivity contribution in [2.75, 3.05) is 11.4 Å². The Kier molecular flexibility index (Phi) is 7.34. The SMILES string of the molecule is C=C(Oc1ncc(Cl)cc1F)C(=O)NC1CC2CCC(C1)N2c1ccc(C(=O)NCC(F)(F)F)cn1. The van der Waals surface area contributed by atoms with Gasteiger partial charge in [-0.3, -0.25) is 9.59 Å². The first-order valence-electron chi connectivity index (χ1n) is 11.1. The summed E-state index contributed by atoms with van der Waals surface area (Å²) in [5.74, 6) is -2.37. The molecule has 2 bridgehead atoms. The van der Waals surface area contributed by atoms with Gasteiger partial charge < -0.3 is 20.3 Å². The van der Waals surface area contributed by atoms with Crippen molar-refractivity contribution in [2.45, 2.75) is 50.0 Å². The Morgan fingerprint density at radius 1 is 1.17 bits per heavy atom. The third kappa shape index (κ3) is 6.04. The van der Waals surface area contributed by atoms with Crippen LogP contribution in [0.2, 0.25) is 5.02 Å². The van der Waals surface area contributed by atoms with E-state index in [0.717, 1.165) is 18.9 Å². The number of fused-ring (bicyclic) bond motifs is 2. The quantitative estimate of drug-likeness (QED) is 0.323. The highest BCUT2D eigenvalue weighted by Crippen LogP contribution is 2.38. The molecule has 8 nitrogen and oxygen atoms in total. The van der Waals surface area contributed by atoms with E-state index in [2.05, 4.69) is 26.8 Å². The Morgan fingerprint density at radius 2 is 1.86 bits per heavy atom. The van der Waals surface area contributed by atoms with Crippen molar-refractivity contribution in [3.63, 3.8) is 0 Å². The van der Waals surface area contributed by atoms with Crippen molar-refractivity contribution in [2.24, 2.45) is 0 Å². The van der Waals surface area contributed by atoms with Crippen molar-refractivity contribution >= 4 is 29.2 Å². The van der Waals surface area contributed by atoms with Crippen LogP contribution in [0.15, 0.2) is 42.9 Å². The topological polar surface area (TPSA) is 96.5 Å². The van der Waals surface area contributed by atoms with E-state index in [-0.39, 0.29) is 34.5 Å². The summed E-state index contributed by atoms with van der Waals surface area (Å²) < 4.78 is 56.0. The number of rotatable bonds is 7. The van der Waals surface area contributed by atoms with Crippen LogP contribution in [0, 0.1) is 5.82 Å². The van der Waals surface area contributed by atoms with E-state index in [0.29, 0.717) is 18.7 Å². The third-order valence-corrected chi connectivity index (χ3v) is 6.25. The molecule has 36 heavy (non-hydrogen) atoms. The smallest absolute Gasteiger partial charge is 0.405 e. The van der Waals surface area contributed by atoms with E-state index in [9.17, 15) is 27.2 Å². The lowest BCUT2D eigenvalue weighted by atomic mass is 9.97. The van der Waals surface area contributed by atoms with E-state index in [1.54, 1.807) is 6.07 Å². The first-order valence-corrected chi connectivity index (χ1v) is 11.5. The summed E-state index contributed by atoms with van der Waals surface area (Å²) in [6.45, 7) is 2.14. The highest BCUT2D eigenvalue weighted by Gasteiger charge is 2.42. The molecule has 2 saturated heterocycles. The van der Waals surface area contributed by atoms with Gasteiger partial charge in [0, 0.05) is 30.5 Å². The minimum absolute atomic E-state index is 0.0302. The van der Waals surface area contributed by atoms with Gasteiger partial charge in [-0.15, -0.1) is 0 Å². The highest BCUT2D eigenvalue weighted by molar-refractivity contribution is 6.30. The van der Waals surface area contributed by atoms with Gasteiger partial charge in [0.25, 0.3) is 17.7 Å². The van der Waals surface area contributed by atoms with Crippen LogP contribution in [0.5, 0.6) is 5.88 Å². The normalized spacial score (nSPS) is 21.1. The van der Waals surface area contributed by atoms with Gasteiger partial charge in [-0.2, -0.15) is 13.2 Å². The van der Waals surface area contributed by atoms with Gasteiger partial charge in [-0.1, -0.05) is 18.2 Å². The fourth-order valence-corrected chi connectivity index (χ4v) is 4.68. The van der Waals surface area contributed by atoms with Gasteiger partial charge >= 0.3 is 6.18 Å². The lowest BCUT2D eigenvalue weighted by Crippen LogP contribution is -2.51. The second-order valence-electron chi connectivity index (χ2n) is 8.60. The molecular weight excluding hydrogens is 506 g/mol. The molecule has 2 aliphatic heterocycles. The second-order valence-corrected chi connectivity index (χ2v) is 9.04. The number of carbonyl (C=O) groups excluding carboxylic acids is 2. The fourth-order valence-electron chi connectivity index (χ4n) is 4.53. The van der Waals surface area contributed by atoms with Crippen molar-refractivity contribution in [3.05, 3.63) is 59.3 Å². The van der Waals surface area contributed by atoms with Crippen molar-refractivity contribution < 1.29 is 31.9 Å². The van der Waals surface area contributed by atoms with Gasteiger partial charge in [-0.25, -0.2) is 14.4 Å². The predicted octanol–water partition coefficient (Wildman–Crippen LogP) is 3.77. The summed E-state index contributed by atoms with van der Waals surface area (Å²) in [5, 5.41) is 4.77. The highest BCUT2D eigenvalue weighted by atomic mass is 35.5. The van der Waals surface area contributed by atoms with Crippen LogP contribution >= 0.6 is 11.6 Å². The van der Waals surface area contributed by atoms with Crippen molar-refractivity contribution in [1.82, 2.24) is 20.6 Å². The number of ether oxygens (including phenoxy) is 1. The molecule has 2 aromatic rings. The molecule has 192 valence electrons. The standard InChI is InChI=1S/C23H22ClF4N5O3/c1-12(36-22-18(25)6-14(24)10-30-22)20(34)32-15-7-16-3-4-17(8-15)33(16)19-5-2-13(9-29-19)21(35)31-11-23(26,27)28/h2,5-6,9-10,15-17H,1,3-4,7-8,11H2,(H,31,35)(H,32,34). The summed E-state index contributed by atoms with van der Waals surface area (Å²) in [7, 11) is 0. The Labute approximate surface area is 208 Å². The molecule has 2 atom stereocenters. The number of alkyl halides is 3. The molecule has 13 heteroatoms. The minimum atomic E-state index is -4.50. The molecule has 0 aliphatic carbocycles. The maximum absolute atomic E-state index is 13.9. The number of anilines is 1. The van der Waals surface area contributed by atoms with E-state index >= 15 is 0 Å². The zero-order valence-corrected chi connectivity index (χ0v) is 19.6. The Hall–Kier alpha value is -3.41. The molecule has 4 rings (SSSR count). The predicted molar refractivity (Wildman–Crippen MR) is 122 cm³/mol. The van der Waals surface area contributed by atoms with Crippen molar-refractivity contribution in [1.29, 1.82) is 0 Å².